The number of carbonyl (C=O) groups excluding carboxylic acids is 2. The van der Waals surface area contributed by atoms with Crippen LogP contribution in [0, 0.1) is 0 Å². The monoisotopic (exact) mass is 299 g/mol. The molecule has 2 fully saturated rings. The fourth-order valence-electron chi connectivity index (χ4n) is 2.65. The van der Waals surface area contributed by atoms with Crippen LogP contribution >= 0.6 is 0 Å². The van der Waals surface area contributed by atoms with E-state index in [1.807, 2.05) is 0 Å². The molecule has 2 heterocycles. The zero-order valence-corrected chi connectivity index (χ0v) is 12.1. The van der Waals surface area contributed by atoms with E-state index in [1.165, 1.54) is 4.90 Å². The molecule has 0 bridgehead atoms. The number of nitrogens with one attached hydrogen (secondary N) is 1. The Morgan fingerprint density at radius 1 is 1.24 bits per heavy atom. The summed E-state index contributed by atoms with van der Waals surface area (Å²) < 4.78 is 5.18. The molecule has 8 heteroatoms. The van der Waals surface area contributed by atoms with E-state index in [0.29, 0.717) is 45.7 Å². The molecule has 0 spiro atoms. The zero-order valence-electron chi connectivity index (χ0n) is 12.1. The number of carbonyl (C=O) groups is 3. The van der Waals surface area contributed by atoms with E-state index in [-0.39, 0.29) is 5.91 Å². The van der Waals surface area contributed by atoms with Gasteiger partial charge in [0.25, 0.3) is 0 Å². The van der Waals surface area contributed by atoms with Crippen LogP contribution in [0.3, 0.4) is 0 Å². The van der Waals surface area contributed by atoms with Gasteiger partial charge in [0.15, 0.2) is 0 Å². The van der Waals surface area contributed by atoms with Gasteiger partial charge in [-0.15, -0.1) is 0 Å². The summed E-state index contributed by atoms with van der Waals surface area (Å²) in [5.41, 5.74) is 0. The summed E-state index contributed by atoms with van der Waals surface area (Å²) in [5.74, 6) is -1.17. The second-order valence-corrected chi connectivity index (χ2v) is 5.30. The zero-order chi connectivity index (χ0) is 15.4. The number of hydrogen-bond donors (Lipinski definition) is 2. The molecule has 8 nitrogen and oxygen atoms in total. The lowest BCUT2D eigenvalue weighted by molar-refractivity contribution is -0.141. The number of ether oxygens (including phenoxy) is 1. The average molecular weight is 299 g/mol. The van der Waals surface area contributed by atoms with Crippen molar-refractivity contribution < 1.29 is 24.2 Å². The van der Waals surface area contributed by atoms with Crippen LogP contribution in [0.5, 0.6) is 0 Å². The number of hydrogen-bond acceptors (Lipinski definition) is 4. The van der Waals surface area contributed by atoms with E-state index >= 15 is 0 Å². The lowest BCUT2D eigenvalue weighted by atomic mass is 10.2. The van der Waals surface area contributed by atoms with Crippen molar-refractivity contribution in [1.29, 1.82) is 0 Å². The predicted octanol–water partition coefficient (Wildman–Crippen LogP) is -0.508. The third-order valence-electron chi connectivity index (χ3n) is 3.83. The second-order valence-electron chi connectivity index (χ2n) is 5.30. The Hall–Kier alpha value is -1.83. The molecule has 0 saturated carbocycles. The molecule has 21 heavy (non-hydrogen) atoms. The van der Waals surface area contributed by atoms with Gasteiger partial charge in [-0.1, -0.05) is 0 Å². The van der Waals surface area contributed by atoms with Crippen LogP contribution in [0.4, 0.5) is 4.79 Å². The maximum atomic E-state index is 12.2. The SMILES string of the molecule is CC(NC(=O)N1CCC[C@H]1C(=O)O)C(=O)N1CCOCC1. The molecule has 3 amide bonds. The predicted molar refractivity (Wildman–Crippen MR) is 72.8 cm³/mol. The van der Waals surface area contributed by atoms with E-state index < -0.39 is 24.1 Å². The van der Waals surface area contributed by atoms with Crippen molar-refractivity contribution in [3.63, 3.8) is 0 Å². The van der Waals surface area contributed by atoms with Gasteiger partial charge in [0.2, 0.25) is 5.91 Å². The number of amides is 3. The molecule has 2 N–H and O–H groups in total. The van der Waals surface area contributed by atoms with Crippen LogP contribution in [0.1, 0.15) is 19.8 Å². The maximum absolute atomic E-state index is 12.2. The third kappa shape index (κ3) is 3.63. The Labute approximate surface area is 123 Å². The molecule has 0 aromatic heterocycles. The van der Waals surface area contributed by atoms with Crippen molar-refractivity contribution in [2.45, 2.75) is 31.8 Å². The number of rotatable bonds is 3. The maximum Gasteiger partial charge on any atom is 0.326 e. The van der Waals surface area contributed by atoms with Crippen LogP contribution in [0.25, 0.3) is 0 Å². The van der Waals surface area contributed by atoms with E-state index in [0.717, 1.165) is 0 Å². The smallest absolute Gasteiger partial charge is 0.326 e. The van der Waals surface area contributed by atoms with Crippen molar-refractivity contribution in [3.8, 4) is 0 Å². The Kier molecular flexibility index (Phi) is 5.00. The fourth-order valence-corrected chi connectivity index (χ4v) is 2.65. The van der Waals surface area contributed by atoms with Crippen LogP contribution in [0.2, 0.25) is 0 Å². The van der Waals surface area contributed by atoms with E-state index in [9.17, 15) is 14.4 Å². The minimum Gasteiger partial charge on any atom is -0.480 e. The lowest BCUT2D eigenvalue weighted by Gasteiger charge is -2.30. The highest BCUT2D eigenvalue weighted by Crippen LogP contribution is 2.17. The van der Waals surface area contributed by atoms with Crippen LogP contribution in [-0.2, 0) is 14.3 Å². The molecule has 2 aliphatic heterocycles. The number of nitrogens with zero attached hydrogens (tertiary/aromatic N) is 2. The van der Waals surface area contributed by atoms with E-state index in [1.54, 1.807) is 11.8 Å². The molecule has 0 aromatic rings. The van der Waals surface area contributed by atoms with Crippen LogP contribution in [0.15, 0.2) is 0 Å². The standard InChI is InChI=1S/C13H21N3O5/c1-9(11(17)15-5-7-21-8-6-15)14-13(20)16-4-2-3-10(16)12(18)19/h9-10H,2-8H2,1H3,(H,14,20)(H,18,19)/t9?,10-/m0/s1. The molecule has 0 aliphatic carbocycles. The summed E-state index contributed by atoms with van der Waals surface area (Å²) in [6.45, 7) is 4.04. The third-order valence-corrected chi connectivity index (χ3v) is 3.83. The first-order chi connectivity index (χ1) is 10.0. The average Bonchev–Trinajstić information content (AvgIpc) is 2.97. The topological polar surface area (TPSA) is 99.2 Å². The quantitative estimate of drug-likeness (QED) is 0.731. The summed E-state index contributed by atoms with van der Waals surface area (Å²) >= 11 is 0. The summed E-state index contributed by atoms with van der Waals surface area (Å²) in [7, 11) is 0. The van der Waals surface area contributed by atoms with Gasteiger partial charge in [-0.2, -0.15) is 0 Å². The molecule has 2 saturated heterocycles. The molecule has 2 aliphatic rings. The molecule has 118 valence electrons. The minimum absolute atomic E-state index is 0.169. The summed E-state index contributed by atoms with van der Waals surface area (Å²) in [6, 6.07) is -1.96. The number of carboxylic acid groups (broad SMARTS) is 1. The number of urea groups is 1. The van der Waals surface area contributed by atoms with Gasteiger partial charge < -0.3 is 25.0 Å². The van der Waals surface area contributed by atoms with Crippen molar-refractivity contribution in [2.75, 3.05) is 32.8 Å². The Balaban J connectivity index is 1.89. The lowest BCUT2D eigenvalue weighted by Crippen LogP contribution is -2.54. The largest absolute Gasteiger partial charge is 0.480 e. The molecular formula is C13H21N3O5. The Morgan fingerprint density at radius 2 is 1.90 bits per heavy atom. The van der Waals surface area contributed by atoms with Crippen LogP contribution in [-0.4, -0.2) is 77.7 Å². The van der Waals surface area contributed by atoms with Crippen molar-refractivity contribution >= 4 is 17.9 Å². The Morgan fingerprint density at radius 3 is 2.52 bits per heavy atom. The summed E-state index contributed by atoms with van der Waals surface area (Å²) in [6.07, 6.45) is 1.12. The molecule has 2 atom stereocenters. The van der Waals surface area contributed by atoms with Gasteiger partial charge in [-0.05, 0) is 19.8 Å². The van der Waals surface area contributed by atoms with Crippen molar-refractivity contribution in [1.82, 2.24) is 15.1 Å². The number of aliphatic carboxylic acids is 1. The van der Waals surface area contributed by atoms with Crippen molar-refractivity contribution in [2.24, 2.45) is 0 Å². The molecule has 0 aromatic carbocycles. The highest BCUT2D eigenvalue weighted by atomic mass is 16.5. The number of likely N-dealkylation sites (tertiary alicyclic amines) is 1. The van der Waals surface area contributed by atoms with Gasteiger partial charge in [-0.3, -0.25) is 4.79 Å². The normalized spacial score (nSPS) is 23.8. The van der Waals surface area contributed by atoms with E-state index in [4.69, 9.17) is 9.84 Å². The first kappa shape index (κ1) is 15.6. The van der Waals surface area contributed by atoms with Gasteiger partial charge >= 0.3 is 12.0 Å². The number of morpholine rings is 1. The molecular weight excluding hydrogens is 278 g/mol. The highest BCUT2D eigenvalue weighted by molar-refractivity contribution is 5.89. The number of carboxylic acids is 1. The first-order valence-corrected chi connectivity index (χ1v) is 7.17. The highest BCUT2D eigenvalue weighted by Gasteiger charge is 2.35. The summed E-state index contributed by atoms with van der Waals surface area (Å²) in [5, 5.41) is 11.7. The van der Waals surface area contributed by atoms with Crippen LogP contribution < -0.4 is 5.32 Å². The van der Waals surface area contributed by atoms with Gasteiger partial charge in [0.1, 0.15) is 12.1 Å². The first-order valence-electron chi connectivity index (χ1n) is 7.17. The van der Waals surface area contributed by atoms with Crippen molar-refractivity contribution in [3.05, 3.63) is 0 Å². The molecule has 2 rings (SSSR count). The van der Waals surface area contributed by atoms with E-state index in [2.05, 4.69) is 5.32 Å². The fraction of sp³-hybridized carbons (Fsp3) is 0.769. The second kappa shape index (κ2) is 6.75. The van der Waals surface area contributed by atoms with Gasteiger partial charge in [0, 0.05) is 19.6 Å². The molecule has 1 unspecified atom stereocenters. The van der Waals surface area contributed by atoms with Gasteiger partial charge in [0.05, 0.1) is 13.2 Å². The minimum atomic E-state index is -1.00. The Bertz CT molecular complexity index is 422. The summed E-state index contributed by atoms with van der Waals surface area (Å²) in [4.78, 5) is 38.3. The molecule has 0 radical (unpaired) electrons. The van der Waals surface area contributed by atoms with Gasteiger partial charge in [-0.25, -0.2) is 9.59 Å².